The van der Waals surface area contributed by atoms with Crippen molar-refractivity contribution in [2.24, 2.45) is 5.92 Å². The van der Waals surface area contributed by atoms with Crippen molar-refractivity contribution in [3.8, 4) is 0 Å². The number of aromatic nitrogens is 2. The third kappa shape index (κ3) is 4.82. The second-order valence-corrected chi connectivity index (χ2v) is 4.38. The fraction of sp³-hybridized carbons (Fsp3) is 0.615. The van der Waals surface area contributed by atoms with Gasteiger partial charge in [-0.15, -0.1) is 0 Å². The summed E-state index contributed by atoms with van der Waals surface area (Å²) < 4.78 is 4.61. The standard InChI is InChI=1S/C13H21N3O3/c1-4-10(5-6-17)8-14-11-7-9(2)15-12(16-11)13(18)19-3/h7,10,17H,4-6,8H2,1-3H3,(H,14,15,16). The Bertz CT molecular complexity index is 424. The van der Waals surface area contributed by atoms with Gasteiger partial charge in [-0.3, -0.25) is 0 Å². The number of hydrogen-bond acceptors (Lipinski definition) is 6. The Hall–Kier alpha value is -1.69. The first-order chi connectivity index (χ1) is 9.10. The third-order valence-corrected chi connectivity index (χ3v) is 2.91. The SMILES string of the molecule is CCC(CCO)CNc1cc(C)nc(C(=O)OC)n1. The molecule has 1 aromatic heterocycles. The Morgan fingerprint density at radius 1 is 1.53 bits per heavy atom. The molecule has 1 aromatic rings. The van der Waals surface area contributed by atoms with Crippen molar-refractivity contribution in [1.29, 1.82) is 0 Å². The van der Waals surface area contributed by atoms with E-state index in [1.807, 2.05) is 0 Å². The van der Waals surface area contributed by atoms with Crippen LogP contribution in [-0.2, 0) is 4.74 Å². The number of nitrogens with one attached hydrogen (secondary N) is 1. The number of hydrogen-bond donors (Lipinski definition) is 2. The number of nitrogens with zero attached hydrogens (tertiary/aromatic N) is 2. The highest BCUT2D eigenvalue weighted by atomic mass is 16.5. The molecule has 2 N–H and O–H groups in total. The van der Waals surface area contributed by atoms with Crippen LogP contribution >= 0.6 is 0 Å². The number of esters is 1. The highest BCUT2D eigenvalue weighted by molar-refractivity contribution is 5.85. The smallest absolute Gasteiger partial charge is 0.376 e. The molecule has 6 nitrogen and oxygen atoms in total. The van der Waals surface area contributed by atoms with Gasteiger partial charge in [0, 0.05) is 24.9 Å². The first-order valence-corrected chi connectivity index (χ1v) is 6.39. The Morgan fingerprint density at radius 2 is 2.26 bits per heavy atom. The molecule has 19 heavy (non-hydrogen) atoms. The van der Waals surface area contributed by atoms with Gasteiger partial charge in [0.1, 0.15) is 5.82 Å². The first-order valence-electron chi connectivity index (χ1n) is 6.39. The van der Waals surface area contributed by atoms with E-state index < -0.39 is 5.97 Å². The molecule has 0 aromatic carbocycles. The second-order valence-electron chi connectivity index (χ2n) is 4.38. The van der Waals surface area contributed by atoms with E-state index in [4.69, 9.17) is 5.11 Å². The minimum absolute atomic E-state index is 0.0557. The molecule has 0 aliphatic rings. The zero-order chi connectivity index (χ0) is 14.3. The molecule has 1 atom stereocenters. The van der Waals surface area contributed by atoms with E-state index in [0.29, 0.717) is 24.0 Å². The van der Waals surface area contributed by atoms with Crippen molar-refractivity contribution in [1.82, 2.24) is 9.97 Å². The summed E-state index contributed by atoms with van der Waals surface area (Å²) in [5, 5.41) is 12.1. The molecule has 0 saturated heterocycles. The quantitative estimate of drug-likeness (QED) is 0.726. The molecule has 0 spiro atoms. The third-order valence-electron chi connectivity index (χ3n) is 2.91. The number of aliphatic hydroxyl groups is 1. The average molecular weight is 267 g/mol. The van der Waals surface area contributed by atoms with Gasteiger partial charge < -0.3 is 15.2 Å². The molecule has 0 saturated carbocycles. The summed E-state index contributed by atoms with van der Waals surface area (Å²) in [7, 11) is 1.30. The average Bonchev–Trinajstić information content (AvgIpc) is 2.41. The van der Waals surface area contributed by atoms with E-state index in [0.717, 1.165) is 12.8 Å². The number of aliphatic hydroxyl groups excluding tert-OH is 1. The van der Waals surface area contributed by atoms with E-state index in [1.165, 1.54) is 7.11 Å². The Labute approximate surface area is 113 Å². The lowest BCUT2D eigenvalue weighted by atomic mass is 10.0. The minimum Gasteiger partial charge on any atom is -0.463 e. The van der Waals surface area contributed by atoms with Gasteiger partial charge in [-0.05, 0) is 19.3 Å². The molecular weight excluding hydrogens is 246 g/mol. The summed E-state index contributed by atoms with van der Waals surface area (Å²) in [5.74, 6) is 0.487. The highest BCUT2D eigenvalue weighted by Gasteiger charge is 2.12. The minimum atomic E-state index is -0.547. The molecule has 0 radical (unpaired) electrons. The van der Waals surface area contributed by atoms with Crippen LogP contribution in [0.15, 0.2) is 6.07 Å². The Morgan fingerprint density at radius 3 is 2.84 bits per heavy atom. The molecule has 6 heteroatoms. The van der Waals surface area contributed by atoms with Crippen LogP contribution < -0.4 is 5.32 Å². The van der Waals surface area contributed by atoms with E-state index in [2.05, 4.69) is 26.9 Å². The van der Waals surface area contributed by atoms with Gasteiger partial charge in [-0.2, -0.15) is 0 Å². The van der Waals surface area contributed by atoms with Crippen molar-refractivity contribution < 1.29 is 14.6 Å². The number of carbonyl (C=O) groups excluding carboxylic acids is 1. The van der Waals surface area contributed by atoms with Crippen LogP contribution in [0, 0.1) is 12.8 Å². The van der Waals surface area contributed by atoms with Gasteiger partial charge in [0.05, 0.1) is 7.11 Å². The first kappa shape index (κ1) is 15.4. The maximum Gasteiger partial charge on any atom is 0.376 e. The van der Waals surface area contributed by atoms with Crippen molar-refractivity contribution in [3.63, 3.8) is 0 Å². The molecule has 1 rings (SSSR count). The summed E-state index contributed by atoms with van der Waals surface area (Å²) in [6, 6.07) is 1.78. The van der Waals surface area contributed by atoms with Crippen LogP contribution in [0.3, 0.4) is 0 Å². The van der Waals surface area contributed by atoms with Crippen molar-refractivity contribution in [2.75, 3.05) is 25.6 Å². The fourth-order valence-corrected chi connectivity index (χ4v) is 1.72. The molecule has 0 aliphatic carbocycles. The van der Waals surface area contributed by atoms with Gasteiger partial charge in [-0.25, -0.2) is 14.8 Å². The lowest BCUT2D eigenvalue weighted by molar-refractivity contribution is 0.0586. The molecule has 1 unspecified atom stereocenters. The van der Waals surface area contributed by atoms with Gasteiger partial charge in [0.25, 0.3) is 0 Å². The molecule has 1 heterocycles. The molecule has 106 valence electrons. The maximum absolute atomic E-state index is 11.4. The van der Waals surface area contributed by atoms with Crippen molar-refractivity contribution in [2.45, 2.75) is 26.7 Å². The predicted octanol–water partition coefficient (Wildman–Crippen LogP) is 1.39. The van der Waals surface area contributed by atoms with E-state index in [-0.39, 0.29) is 12.4 Å². The molecule has 0 fully saturated rings. The summed E-state index contributed by atoms with van der Waals surface area (Å²) in [6.07, 6.45) is 1.72. The number of methoxy groups -OCH3 is 1. The Kier molecular flexibility index (Phi) is 6.21. The van der Waals surface area contributed by atoms with Crippen molar-refractivity contribution >= 4 is 11.8 Å². The van der Waals surface area contributed by atoms with Crippen LogP contribution in [0.25, 0.3) is 0 Å². The van der Waals surface area contributed by atoms with Crippen LogP contribution in [0.4, 0.5) is 5.82 Å². The van der Waals surface area contributed by atoms with Crippen LogP contribution in [0.2, 0.25) is 0 Å². The number of rotatable bonds is 7. The fourth-order valence-electron chi connectivity index (χ4n) is 1.72. The summed E-state index contributed by atoms with van der Waals surface area (Å²) >= 11 is 0. The van der Waals surface area contributed by atoms with Gasteiger partial charge in [-0.1, -0.05) is 13.3 Å². The number of carbonyl (C=O) groups is 1. The zero-order valence-electron chi connectivity index (χ0n) is 11.6. The topological polar surface area (TPSA) is 84.3 Å². The maximum atomic E-state index is 11.4. The van der Waals surface area contributed by atoms with Gasteiger partial charge in [0.2, 0.25) is 5.82 Å². The lowest BCUT2D eigenvalue weighted by Crippen LogP contribution is -2.17. The predicted molar refractivity (Wildman–Crippen MR) is 72.1 cm³/mol. The van der Waals surface area contributed by atoms with Crippen LogP contribution in [0.5, 0.6) is 0 Å². The summed E-state index contributed by atoms with van der Waals surface area (Å²) in [5.41, 5.74) is 0.702. The lowest BCUT2D eigenvalue weighted by Gasteiger charge is -2.15. The molecule has 0 bridgehead atoms. The van der Waals surface area contributed by atoms with E-state index in [9.17, 15) is 4.79 Å². The Balaban J connectivity index is 2.72. The van der Waals surface area contributed by atoms with Gasteiger partial charge >= 0.3 is 5.97 Å². The van der Waals surface area contributed by atoms with E-state index in [1.54, 1.807) is 13.0 Å². The number of aryl methyl sites for hydroxylation is 1. The van der Waals surface area contributed by atoms with Crippen LogP contribution in [-0.4, -0.2) is 41.3 Å². The summed E-state index contributed by atoms with van der Waals surface area (Å²) in [4.78, 5) is 19.5. The zero-order valence-corrected chi connectivity index (χ0v) is 11.6. The molecular formula is C13H21N3O3. The molecule has 0 amide bonds. The van der Waals surface area contributed by atoms with Crippen molar-refractivity contribution in [3.05, 3.63) is 17.6 Å². The van der Waals surface area contributed by atoms with E-state index >= 15 is 0 Å². The number of ether oxygens (including phenoxy) is 1. The highest BCUT2D eigenvalue weighted by Crippen LogP contribution is 2.11. The summed E-state index contributed by atoms with van der Waals surface area (Å²) in [6.45, 7) is 4.75. The monoisotopic (exact) mass is 267 g/mol. The second kappa shape index (κ2) is 7.68. The van der Waals surface area contributed by atoms with Gasteiger partial charge in [0.15, 0.2) is 0 Å². The van der Waals surface area contributed by atoms with Crippen LogP contribution in [0.1, 0.15) is 36.1 Å². The largest absolute Gasteiger partial charge is 0.463 e. The molecule has 0 aliphatic heterocycles. The number of anilines is 1. The normalized spacial score (nSPS) is 12.0.